The van der Waals surface area contributed by atoms with Crippen molar-refractivity contribution < 1.29 is 14.1 Å². The molecule has 5 heteroatoms. The molecular weight excluding hydrogens is 220 g/mol. The molecule has 0 atom stereocenters. The molecule has 0 aliphatic heterocycles. The Kier molecular flexibility index (Phi) is 3.09. The number of amides is 1. The lowest BCUT2D eigenvalue weighted by Crippen LogP contribution is -2.11. The fourth-order valence-corrected chi connectivity index (χ4v) is 1.36. The third-order valence-corrected chi connectivity index (χ3v) is 2.31. The molecule has 0 aliphatic carbocycles. The summed E-state index contributed by atoms with van der Waals surface area (Å²) in [7, 11) is 1.46. The van der Waals surface area contributed by atoms with Crippen LogP contribution in [0.25, 0.3) is 0 Å². The second kappa shape index (κ2) is 4.69. The van der Waals surface area contributed by atoms with E-state index >= 15 is 0 Å². The summed E-state index contributed by atoms with van der Waals surface area (Å²) in [6.07, 6.45) is 0. The van der Waals surface area contributed by atoms with Gasteiger partial charge in [0.05, 0.1) is 13.2 Å². The normalized spacial score (nSPS) is 10.0. The van der Waals surface area contributed by atoms with Gasteiger partial charge in [-0.05, 0) is 23.7 Å². The largest absolute Gasteiger partial charge is 0.479 e. The first-order valence-corrected chi connectivity index (χ1v) is 5.08. The Balaban J connectivity index is 2.14. The molecule has 17 heavy (non-hydrogen) atoms. The van der Waals surface area contributed by atoms with Gasteiger partial charge in [0.25, 0.3) is 11.8 Å². The molecule has 0 bridgehead atoms. The molecule has 0 spiro atoms. The number of rotatable bonds is 3. The molecule has 0 fully saturated rings. The maximum atomic E-state index is 11.8. The van der Waals surface area contributed by atoms with Gasteiger partial charge in [0.1, 0.15) is 0 Å². The second-order valence-electron chi connectivity index (χ2n) is 3.50. The number of anilines is 1. The molecule has 0 saturated heterocycles. The fraction of sp³-hybridized carbons (Fsp3) is 0.167. The zero-order valence-electron chi connectivity index (χ0n) is 9.56. The van der Waals surface area contributed by atoms with Crippen LogP contribution in [0.4, 0.5) is 5.69 Å². The molecule has 0 saturated carbocycles. The Morgan fingerprint density at radius 3 is 2.82 bits per heavy atom. The van der Waals surface area contributed by atoms with E-state index in [2.05, 4.69) is 10.5 Å². The first kappa shape index (κ1) is 11.2. The third kappa shape index (κ3) is 2.44. The van der Waals surface area contributed by atoms with Gasteiger partial charge in [0, 0.05) is 5.69 Å². The van der Waals surface area contributed by atoms with Crippen LogP contribution in [0.5, 0.6) is 5.88 Å². The smallest absolute Gasteiger partial charge is 0.294 e. The predicted octanol–water partition coefficient (Wildman–Crippen LogP) is 2.24. The number of para-hydroxylation sites is 1. The molecule has 0 radical (unpaired) electrons. The van der Waals surface area contributed by atoms with E-state index < -0.39 is 0 Å². The fourth-order valence-electron chi connectivity index (χ4n) is 1.36. The monoisotopic (exact) mass is 232 g/mol. The molecule has 2 aromatic rings. The van der Waals surface area contributed by atoms with Crippen LogP contribution in [0.3, 0.4) is 0 Å². The third-order valence-electron chi connectivity index (χ3n) is 2.31. The van der Waals surface area contributed by atoms with E-state index in [0.29, 0.717) is 0 Å². The standard InChI is InChI=1S/C12H12N2O3/c1-8-5-3-4-6-9(8)13-12(15)10-7-11(16-2)14-17-10/h3-7H,1-2H3,(H,13,15). The van der Waals surface area contributed by atoms with Gasteiger partial charge in [-0.15, -0.1) is 0 Å². The summed E-state index contributed by atoms with van der Waals surface area (Å²) in [5.74, 6) is 0.0418. The van der Waals surface area contributed by atoms with E-state index in [1.807, 2.05) is 31.2 Å². The summed E-state index contributed by atoms with van der Waals surface area (Å²) >= 11 is 0. The Morgan fingerprint density at radius 2 is 2.18 bits per heavy atom. The highest BCUT2D eigenvalue weighted by atomic mass is 16.5. The van der Waals surface area contributed by atoms with Gasteiger partial charge in [-0.3, -0.25) is 4.79 Å². The minimum absolute atomic E-state index is 0.116. The van der Waals surface area contributed by atoms with Gasteiger partial charge in [0.15, 0.2) is 0 Å². The zero-order valence-corrected chi connectivity index (χ0v) is 9.56. The van der Waals surface area contributed by atoms with Crippen LogP contribution in [0, 0.1) is 6.92 Å². The number of hydrogen-bond donors (Lipinski definition) is 1. The first-order chi connectivity index (χ1) is 8.20. The van der Waals surface area contributed by atoms with Crippen molar-refractivity contribution in [2.24, 2.45) is 0 Å². The molecule has 1 aromatic heterocycles. The lowest BCUT2D eigenvalue weighted by atomic mass is 10.2. The highest BCUT2D eigenvalue weighted by Crippen LogP contribution is 2.16. The average Bonchev–Trinajstić information content (AvgIpc) is 2.81. The van der Waals surface area contributed by atoms with Crippen LogP contribution in [-0.2, 0) is 0 Å². The molecule has 1 amide bonds. The van der Waals surface area contributed by atoms with E-state index in [9.17, 15) is 4.79 Å². The molecule has 5 nitrogen and oxygen atoms in total. The summed E-state index contributed by atoms with van der Waals surface area (Å²) in [4.78, 5) is 11.8. The molecular formula is C12H12N2O3. The second-order valence-corrected chi connectivity index (χ2v) is 3.50. The van der Waals surface area contributed by atoms with Gasteiger partial charge in [0.2, 0.25) is 5.76 Å². The van der Waals surface area contributed by atoms with Crippen molar-refractivity contribution in [2.75, 3.05) is 12.4 Å². The molecule has 88 valence electrons. The maximum Gasteiger partial charge on any atom is 0.294 e. The van der Waals surface area contributed by atoms with Gasteiger partial charge in [-0.2, -0.15) is 0 Å². The number of ether oxygens (including phenoxy) is 1. The summed E-state index contributed by atoms with van der Waals surface area (Å²) < 4.78 is 9.68. The van der Waals surface area contributed by atoms with Crippen LogP contribution < -0.4 is 10.1 Å². The highest BCUT2D eigenvalue weighted by molar-refractivity contribution is 6.02. The van der Waals surface area contributed by atoms with E-state index in [4.69, 9.17) is 9.26 Å². The number of nitrogens with one attached hydrogen (secondary N) is 1. The molecule has 1 heterocycles. The van der Waals surface area contributed by atoms with Crippen molar-refractivity contribution in [3.05, 3.63) is 41.7 Å². The van der Waals surface area contributed by atoms with Gasteiger partial charge in [-0.25, -0.2) is 0 Å². The van der Waals surface area contributed by atoms with E-state index in [-0.39, 0.29) is 17.5 Å². The molecule has 1 aromatic carbocycles. The SMILES string of the molecule is COc1cc(C(=O)Nc2ccccc2C)on1. The number of benzene rings is 1. The predicted molar refractivity (Wildman–Crippen MR) is 62.2 cm³/mol. The van der Waals surface area contributed by atoms with Crippen molar-refractivity contribution in [3.63, 3.8) is 0 Å². The molecule has 0 unspecified atom stereocenters. The Labute approximate surface area is 98.4 Å². The minimum Gasteiger partial charge on any atom is -0.479 e. The van der Waals surface area contributed by atoms with Crippen molar-refractivity contribution in [1.29, 1.82) is 0 Å². The van der Waals surface area contributed by atoms with Crippen LogP contribution in [-0.4, -0.2) is 18.2 Å². The van der Waals surface area contributed by atoms with Crippen molar-refractivity contribution in [3.8, 4) is 5.88 Å². The molecule has 2 rings (SSSR count). The number of aryl methyl sites for hydroxylation is 1. The molecule has 1 N–H and O–H groups in total. The topological polar surface area (TPSA) is 64.4 Å². The van der Waals surface area contributed by atoms with Crippen LogP contribution in [0.15, 0.2) is 34.9 Å². The number of carbonyl (C=O) groups is 1. The van der Waals surface area contributed by atoms with E-state index in [1.165, 1.54) is 13.2 Å². The van der Waals surface area contributed by atoms with Gasteiger partial charge >= 0.3 is 0 Å². The minimum atomic E-state index is -0.352. The van der Waals surface area contributed by atoms with E-state index in [1.54, 1.807) is 0 Å². The molecule has 0 aliphatic rings. The summed E-state index contributed by atoms with van der Waals surface area (Å²) in [5.41, 5.74) is 1.72. The Hall–Kier alpha value is -2.30. The van der Waals surface area contributed by atoms with Gasteiger partial charge in [-0.1, -0.05) is 18.2 Å². The number of methoxy groups -OCH3 is 1. The van der Waals surface area contributed by atoms with Crippen molar-refractivity contribution in [2.45, 2.75) is 6.92 Å². The lowest BCUT2D eigenvalue weighted by Gasteiger charge is -2.05. The van der Waals surface area contributed by atoms with Gasteiger partial charge < -0.3 is 14.6 Å². The summed E-state index contributed by atoms with van der Waals surface area (Å²) in [6, 6.07) is 8.93. The highest BCUT2D eigenvalue weighted by Gasteiger charge is 2.13. The number of aromatic nitrogens is 1. The van der Waals surface area contributed by atoms with Crippen molar-refractivity contribution >= 4 is 11.6 Å². The summed E-state index contributed by atoms with van der Waals surface area (Å²) in [5, 5.41) is 6.30. The van der Waals surface area contributed by atoms with Crippen LogP contribution in [0.2, 0.25) is 0 Å². The number of hydrogen-bond acceptors (Lipinski definition) is 4. The Bertz CT molecular complexity index is 534. The maximum absolute atomic E-state index is 11.8. The van der Waals surface area contributed by atoms with E-state index in [0.717, 1.165) is 11.3 Å². The summed E-state index contributed by atoms with van der Waals surface area (Å²) in [6.45, 7) is 1.91. The first-order valence-electron chi connectivity index (χ1n) is 5.08. The zero-order chi connectivity index (χ0) is 12.3. The number of carbonyl (C=O) groups excluding carboxylic acids is 1. The average molecular weight is 232 g/mol. The van der Waals surface area contributed by atoms with Crippen molar-refractivity contribution in [1.82, 2.24) is 5.16 Å². The number of nitrogens with zero attached hydrogens (tertiary/aromatic N) is 1. The Morgan fingerprint density at radius 1 is 1.41 bits per heavy atom. The van der Waals surface area contributed by atoms with Crippen LogP contribution >= 0.6 is 0 Å². The lowest BCUT2D eigenvalue weighted by molar-refractivity contribution is 0.0987. The quantitative estimate of drug-likeness (QED) is 0.881. The van der Waals surface area contributed by atoms with Crippen LogP contribution in [0.1, 0.15) is 16.1 Å².